The predicted molar refractivity (Wildman–Crippen MR) is 128 cm³/mol. The Bertz CT molecular complexity index is 1230. The molecule has 0 N–H and O–H groups in total. The van der Waals surface area contributed by atoms with Crippen molar-refractivity contribution in [3.8, 4) is 5.75 Å². The fourth-order valence-electron chi connectivity index (χ4n) is 3.14. The van der Waals surface area contributed by atoms with Crippen LogP contribution in [0.1, 0.15) is 16.8 Å². The second-order valence-corrected chi connectivity index (χ2v) is 8.45. The topological polar surface area (TPSA) is 60.2 Å². The second kappa shape index (κ2) is 10.5. The van der Waals surface area contributed by atoms with Gasteiger partial charge >= 0.3 is 0 Å². The summed E-state index contributed by atoms with van der Waals surface area (Å²) in [5.74, 6) is -0.318. The van der Waals surface area contributed by atoms with Crippen LogP contribution in [-0.4, -0.2) is 34.1 Å². The van der Waals surface area contributed by atoms with E-state index in [-0.39, 0.29) is 28.9 Å². The zero-order chi connectivity index (χ0) is 22.0. The van der Waals surface area contributed by atoms with E-state index in [9.17, 15) is 9.18 Å². The van der Waals surface area contributed by atoms with E-state index in [2.05, 4.69) is 9.97 Å². The van der Waals surface area contributed by atoms with Crippen LogP contribution >= 0.6 is 46.9 Å². The van der Waals surface area contributed by atoms with Crippen LogP contribution in [0.2, 0.25) is 10.0 Å². The standard InChI is InChI=1S/C21H17Cl2FN4O2S.ClH/c1-30-17-6-5-15(22)19-18(17)26-21(31-19)28(9-2-8-27-10-7-25-12-27)20(29)14-4-3-13(24)11-16(14)23;/h3-7,10-12H,2,8-9H2,1H3;1H. The number of carbonyl (C=O) groups is 1. The minimum absolute atomic E-state index is 0. The van der Waals surface area contributed by atoms with E-state index >= 15 is 0 Å². The molecule has 6 nitrogen and oxygen atoms in total. The third kappa shape index (κ3) is 4.99. The van der Waals surface area contributed by atoms with Gasteiger partial charge in [-0.2, -0.15) is 0 Å². The Labute approximate surface area is 204 Å². The molecule has 0 atom stereocenters. The van der Waals surface area contributed by atoms with Crippen molar-refractivity contribution >= 4 is 68.2 Å². The van der Waals surface area contributed by atoms with Crippen LogP contribution in [-0.2, 0) is 6.54 Å². The molecule has 0 saturated carbocycles. The van der Waals surface area contributed by atoms with Crippen LogP contribution in [0.15, 0.2) is 49.1 Å². The SMILES string of the molecule is COc1ccc(Cl)c2sc(N(CCCn3ccnc3)C(=O)c3ccc(F)cc3Cl)nc12.Cl. The molecule has 0 spiro atoms. The van der Waals surface area contributed by atoms with Gasteiger partial charge in [0.25, 0.3) is 5.91 Å². The van der Waals surface area contributed by atoms with Crippen LogP contribution < -0.4 is 9.64 Å². The summed E-state index contributed by atoms with van der Waals surface area (Å²) in [5.41, 5.74) is 0.774. The maximum absolute atomic E-state index is 13.5. The Balaban J connectivity index is 0.00000289. The number of methoxy groups -OCH3 is 1. The number of aryl methyl sites for hydroxylation is 1. The van der Waals surface area contributed by atoms with Crippen molar-refractivity contribution in [3.05, 3.63) is 70.5 Å². The molecule has 0 unspecified atom stereocenters. The number of carbonyl (C=O) groups excluding carboxylic acids is 1. The Morgan fingerprint density at radius 1 is 1.25 bits per heavy atom. The van der Waals surface area contributed by atoms with Gasteiger partial charge in [-0.3, -0.25) is 9.69 Å². The molecule has 0 aliphatic heterocycles. The lowest BCUT2D eigenvalue weighted by Gasteiger charge is -2.20. The zero-order valence-corrected chi connectivity index (χ0v) is 19.9. The van der Waals surface area contributed by atoms with Crippen LogP contribution in [0.4, 0.5) is 9.52 Å². The fraction of sp³-hybridized carbons (Fsp3) is 0.190. The van der Waals surface area contributed by atoms with Gasteiger partial charge in [0.1, 0.15) is 17.1 Å². The van der Waals surface area contributed by atoms with Crippen molar-refractivity contribution in [2.24, 2.45) is 0 Å². The summed E-state index contributed by atoms with van der Waals surface area (Å²) < 4.78 is 21.5. The van der Waals surface area contributed by atoms with Gasteiger partial charge in [-0.1, -0.05) is 34.5 Å². The molecule has 0 bridgehead atoms. The van der Waals surface area contributed by atoms with Crippen LogP contribution in [0.3, 0.4) is 0 Å². The third-order valence-corrected chi connectivity index (χ3v) is 6.51. The molecular formula is C21H18Cl3FN4O2S. The number of aromatic nitrogens is 3. The molecule has 0 saturated heterocycles. The highest BCUT2D eigenvalue weighted by Crippen LogP contribution is 2.39. The number of nitrogens with zero attached hydrogens (tertiary/aromatic N) is 4. The Morgan fingerprint density at radius 3 is 2.75 bits per heavy atom. The minimum atomic E-state index is -0.510. The van der Waals surface area contributed by atoms with Crippen LogP contribution in [0.5, 0.6) is 5.75 Å². The van der Waals surface area contributed by atoms with Gasteiger partial charge in [0.15, 0.2) is 5.13 Å². The average Bonchev–Trinajstić information content (AvgIpc) is 3.42. The van der Waals surface area contributed by atoms with E-state index in [1.807, 2.05) is 10.8 Å². The van der Waals surface area contributed by atoms with Gasteiger partial charge in [-0.05, 0) is 36.8 Å². The monoisotopic (exact) mass is 514 g/mol. The number of imidazole rings is 1. The number of thiazole rings is 1. The van der Waals surface area contributed by atoms with Crippen molar-refractivity contribution in [1.29, 1.82) is 0 Å². The largest absolute Gasteiger partial charge is 0.494 e. The number of halogens is 4. The summed E-state index contributed by atoms with van der Waals surface area (Å²) in [6, 6.07) is 7.17. The third-order valence-electron chi connectivity index (χ3n) is 4.66. The molecule has 0 radical (unpaired) electrons. The number of benzene rings is 2. The zero-order valence-electron chi connectivity index (χ0n) is 16.8. The van der Waals surface area contributed by atoms with Crippen molar-refractivity contribution in [3.63, 3.8) is 0 Å². The molecule has 2 aromatic heterocycles. The van der Waals surface area contributed by atoms with E-state index in [1.165, 1.54) is 28.4 Å². The number of hydrogen-bond acceptors (Lipinski definition) is 5. The van der Waals surface area contributed by atoms with Gasteiger partial charge in [0, 0.05) is 25.5 Å². The molecule has 2 heterocycles. The first-order valence-electron chi connectivity index (χ1n) is 9.33. The molecule has 2 aromatic carbocycles. The van der Waals surface area contributed by atoms with Gasteiger partial charge in [0.05, 0.1) is 33.7 Å². The predicted octanol–water partition coefficient (Wildman–Crippen LogP) is 6.11. The molecular weight excluding hydrogens is 498 g/mol. The lowest BCUT2D eigenvalue weighted by Crippen LogP contribution is -2.32. The molecule has 0 fully saturated rings. The number of amides is 1. The molecule has 11 heteroatoms. The number of anilines is 1. The summed E-state index contributed by atoms with van der Waals surface area (Å²) in [4.78, 5) is 23.6. The minimum Gasteiger partial charge on any atom is -0.494 e. The highest BCUT2D eigenvalue weighted by Gasteiger charge is 2.24. The molecule has 0 aliphatic carbocycles. The molecule has 4 rings (SSSR count). The fourth-order valence-corrected chi connectivity index (χ4v) is 4.67. The maximum Gasteiger partial charge on any atom is 0.261 e. The first-order chi connectivity index (χ1) is 15.0. The lowest BCUT2D eigenvalue weighted by molar-refractivity contribution is 0.0986. The van der Waals surface area contributed by atoms with Crippen molar-refractivity contribution in [2.45, 2.75) is 13.0 Å². The van der Waals surface area contributed by atoms with Crippen LogP contribution in [0, 0.1) is 5.82 Å². The first kappa shape index (κ1) is 24.3. The molecule has 32 heavy (non-hydrogen) atoms. The van der Waals surface area contributed by atoms with E-state index in [4.69, 9.17) is 27.9 Å². The summed E-state index contributed by atoms with van der Waals surface area (Å²) >= 11 is 13.8. The highest BCUT2D eigenvalue weighted by molar-refractivity contribution is 7.23. The van der Waals surface area contributed by atoms with Gasteiger partial charge < -0.3 is 9.30 Å². The van der Waals surface area contributed by atoms with Gasteiger partial charge in [0.2, 0.25) is 0 Å². The Kier molecular flexibility index (Phi) is 7.95. The van der Waals surface area contributed by atoms with Crippen molar-refractivity contribution in [1.82, 2.24) is 14.5 Å². The number of fused-ring (bicyclic) bond motifs is 1. The van der Waals surface area contributed by atoms with E-state index in [0.29, 0.717) is 45.6 Å². The second-order valence-electron chi connectivity index (χ2n) is 6.66. The molecule has 168 valence electrons. The smallest absolute Gasteiger partial charge is 0.261 e. The van der Waals surface area contributed by atoms with Crippen molar-refractivity contribution in [2.75, 3.05) is 18.6 Å². The molecule has 1 amide bonds. The summed E-state index contributed by atoms with van der Waals surface area (Å²) in [7, 11) is 1.55. The maximum atomic E-state index is 13.5. The van der Waals surface area contributed by atoms with E-state index < -0.39 is 5.82 Å². The molecule has 4 aromatic rings. The highest BCUT2D eigenvalue weighted by atomic mass is 35.5. The normalized spacial score (nSPS) is 10.8. The Hall–Kier alpha value is -2.39. The molecule has 0 aliphatic rings. The van der Waals surface area contributed by atoms with Gasteiger partial charge in [-0.15, -0.1) is 12.4 Å². The van der Waals surface area contributed by atoms with E-state index in [1.54, 1.807) is 31.8 Å². The summed E-state index contributed by atoms with van der Waals surface area (Å²) in [5, 5.41) is 1.02. The Morgan fingerprint density at radius 2 is 2.06 bits per heavy atom. The van der Waals surface area contributed by atoms with Crippen molar-refractivity contribution < 1.29 is 13.9 Å². The number of rotatable bonds is 7. The quantitative estimate of drug-likeness (QED) is 0.298. The summed E-state index contributed by atoms with van der Waals surface area (Å²) in [6.45, 7) is 1.03. The summed E-state index contributed by atoms with van der Waals surface area (Å²) in [6.07, 6.45) is 5.90. The first-order valence-corrected chi connectivity index (χ1v) is 10.9. The van der Waals surface area contributed by atoms with Gasteiger partial charge in [-0.25, -0.2) is 14.4 Å². The van der Waals surface area contributed by atoms with E-state index in [0.717, 1.165) is 6.07 Å². The average molecular weight is 516 g/mol. The number of ether oxygens (including phenoxy) is 1. The number of hydrogen-bond donors (Lipinski definition) is 0. The lowest BCUT2D eigenvalue weighted by atomic mass is 10.2. The van der Waals surface area contributed by atoms with Crippen LogP contribution in [0.25, 0.3) is 10.2 Å².